The second kappa shape index (κ2) is 6.90. The lowest BCUT2D eigenvalue weighted by atomic mass is 9.87. The van der Waals surface area contributed by atoms with Crippen molar-refractivity contribution in [2.24, 2.45) is 0 Å². The van der Waals surface area contributed by atoms with E-state index in [1.807, 2.05) is 6.33 Å². The lowest BCUT2D eigenvalue weighted by Crippen LogP contribution is -2.16. The topological polar surface area (TPSA) is 29.9 Å². The molecular weight excluding hydrogens is 258 g/mol. The number of hydrogen-bond acceptors (Lipinski definition) is 2. The number of rotatable bonds is 6. The first-order chi connectivity index (χ1) is 9.99. The normalized spacial score (nSPS) is 11.8. The van der Waals surface area contributed by atoms with Gasteiger partial charge in [0.25, 0.3) is 0 Å². The van der Waals surface area contributed by atoms with E-state index in [4.69, 9.17) is 0 Å². The highest BCUT2D eigenvalue weighted by molar-refractivity contribution is 5.27. The quantitative estimate of drug-likeness (QED) is 0.825. The van der Waals surface area contributed by atoms with Crippen LogP contribution in [0.5, 0.6) is 0 Å². The van der Waals surface area contributed by atoms with Crippen molar-refractivity contribution in [2.75, 3.05) is 13.1 Å². The molecule has 0 aliphatic rings. The number of likely N-dealkylation sites (N-methyl/N-ethyl adjacent to an activating group) is 1. The highest BCUT2D eigenvalue weighted by Gasteiger charge is 2.12. The lowest BCUT2D eigenvalue weighted by molar-refractivity contribution is 0.589. The molecule has 1 aromatic heterocycles. The third kappa shape index (κ3) is 4.71. The fourth-order valence-corrected chi connectivity index (χ4v) is 2.34. The molecule has 0 spiro atoms. The average molecular weight is 285 g/mol. The summed E-state index contributed by atoms with van der Waals surface area (Å²) in [5.41, 5.74) is 4.07. The van der Waals surface area contributed by atoms with Gasteiger partial charge in [-0.1, -0.05) is 52.0 Å². The van der Waals surface area contributed by atoms with Crippen molar-refractivity contribution >= 4 is 0 Å². The van der Waals surface area contributed by atoms with E-state index in [1.54, 1.807) is 0 Å². The van der Waals surface area contributed by atoms with Crippen LogP contribution in [-0.2, 0) is 18.4 Å². The zero-order chi connectivity index (χ0) is 15.3. The minimum absolute atomic E-state index is 0.215. The monoisotopic (exact) mass is 285 g/mol. The Morgan fingerprint density at radius 2 is 1.86 bits per heavy atom. The van der Waals surface area contributed by atoms with Crippen molar-refractivity contribution < 1.29 is 0 Å². The fourth-order valence-electron chi connectivity index (χ4n) is 2.34. The summed E-state index contributed by atoms with van der Waals surface area (Å²) >= 11 is 0. The molecule has 1 aromatic carbocycles. The number of nitrogens with one attached hydrogen (secondary N) is 1. The van der Waals surface area contributed by atoms with E-state index in [0.29, 0.717) is 0 Å². The Bertz CT molecular complexity index is 547. The number of aromatic nitrogens is 2. The van der Waals surface area contributed by atoms with Crippen LogP contribution in [0.2, 0.25) is 0 Å². The van der Waals surface area contributed by atoms with E-state index in [2.05, 4.69) is 73.0 Å². The first-order valence-electron chi connectivity index (χ1n) is 7.80. The maximum absolute atomic E-state index is 4.46. The van der Waals surface area contributed by atoms with Gasteiger partial charge in [0.1, 0.15) is 0 Å². The number of imidazole rings is 1. The molecule has 3 nitrogen and oxygen atoms in total. The SMILES string of the molecule is CCNCCc1cn(Cc2ccc(C(C)(C)C)cc2)cn1. The standard InChI is InChI=1S/C18H27N3/c1-5-19-11-10-17-13-21(14-20-17)12-15-6-8-16(9-7-15)18(2,3)4/h6-9,13-14,19H,5,10-12H2,1-4H3. The predicted molar refractivity (Wildman–Crippen MR) is 88.7 cm³/mol. The van der Waals surface area contributed by atoms with Gasteiger partial charge in [0.05, 0.1) is 12.0 Å². The van der Waals surface area contributed by atoms with Crippen LogP contribution >= 0.6 is 0 Å². The molecule has 1 N–H and O–H groups in total. The van der Waals surface area contributed by atoms with Crippen LogP contribution in [0.15, 0.2) is 36.8 Å². The van der Waals surface area contributed by atoms with Crippen LogP contribution in [0.3, 0.4) is 0 Å². The molecule has 0 atom stereocenters. The number of nitrogens with zero attached hydrogens (tertiary/aromatic N) is 2. The summed E-state index contributed by atoms with van der Waals surface area (Å²) in [6.07, 6.45) is 5.07. The van der Waals surface area contributed by atoms with Gasteiger partial charge in [0.2, 0.25) is 0 Å². The molecule has 0 aliphatic heterocycles. The number of benzene rings is 1. The molecule has 0 saturated heterocycles. The summed E-state index contributed by atoms with van der Waals surface area (Å²) in [5.74, 6) is 0. The molecule has 2 aromatic rings. The van der Waals surface area contributed by atoms with Crippen LogP contribution in [0.1, 0.15) is 44.5 Å². The molecule has 21 heavy (non-hydrogen) atoms. The third-order valence-electron chi connectivity index (χ3n) is 3.68. The summed E-state index contributed by atoms with van der Waals surface area (Å²) in [7, 11) is 0. The van der Waals surface area contributed by atoms with Gasteiger partial charge in [-0.25, -0.2) is 4.98 Å². The zero-order valence-corrected chi connectivity index (χ0v) is 13.7. The first-order valence-corrected chi connectivity index (χ1v) is 7.80. The largest absolute Gasteiger partial charge is 0.333 e. The Hall–Kier alpha value is -1.61. The molecule has 0 amide bonds. The van der Waals surface area contributed by atoms with Gasteiger partial charge in [-0.15, -0.1) is 0 Å². The van der Waals surface area contributed by atoms with Crippen LogP contribution in [0.25, 0.3) is 0 Å². The summed E-state index contributed by atoms with van der Waals surface area (Å²) < 4.78 is 2.16. The summed E-state index contributed by atoms with van der Waals surface area (Å²) in [4.78, 5) is 4.46. The molecule has 1 heterocycles. The molecule has 0 unspecified atom stereocenters. The van der Waals surface area contributed by atoms with Crippen molar-refractivity contribution in [1.82, 2.24) is 14.9 Å². The Morgan fingerprint density at radius 3 is 2.48 bits per heavy atom. The van der Waals surface area contributed by atoms with E-state index >= 15 is 0 Å². The van der Waals surface area contributed by atoms with Crippen LogP contribution in [0, 0.1) is 0 Å². The van der Waals surface area contributed by atoms with Gasteiger partial charge in [0.15, 0.2) is 0 Å². The van der Waals surface area contributed by atoms with Crippen molar-refractivity contribution in [2.45, 2.75) is 46.1 Å². The third-order valence-corrected chi connectivity index (χ3v) is 3.68. The smallest absolute Gasteiger partial charge is 0.0952 e. The Morgan fingerprint density at radius 1 is 1.14 bits per heavy atom. The van der Waals surface area contributed by atoms with Gasteiger partial charge in [-0.05, 0) is 23.1 Å². The predicted octanol–water partition coefficient (Wildman–Crippen LogP) is 3.38. The van der Waals surface area contributed by atoms with Crippen LogP contribution in [-0.4, -0.2) is 22.6 Å². The van der Waals surface area contributed by atoms with Gasteiger partial charge in [0, 0.05) is 25.7 Å². The van der Waals surface area contributed by atoms with Crippen molar-refractivity contribution in [3.8, 4) is 0 Å². The molecular formula is C18H27N3. The Balaban J connectivity index is 1.95. The highest BCUT2D eigenvalue weighted by atomic mass is 15.0. The van der Waals surface area contributed by atoms with Gasteiger partial charge in [-0.3, -0.25) is 0 Å². The van der Waals surface area contributed by atoms with E-state index in [1.165, 1.54) is 11.1 Å². The maximum Gasteiger partial charge on any atom is 0.0952 e. The molecule has 0 bridgehead atoms. The second-order valence-electron chi connectivity index (χ2n) is 6.59. The molecule has 0 fully saturated rings. The summed E-state index contributed by atoms with van der Waals surface area (Å²) in [5, 5.41) is 3.33. The molecule has 0 radical (unpaired) electrons. The van der Waals surface area contributed by atoms with Gasteiger partial charge >= 0.3 is 0 Å². The van der Waals surface area contributed by atoms with Gasteiger partial charge < -0.3 is 9.88 Å². The van der Waals surface area contributed by atoms with Crippen molar-refractivity contribution in [3.05, 3.63) is 53.6 Å². The molecule has 0 aliphatic carbocycles. The first kappa shape index (κ1) is 15.8. The molecule has 3 heteroatoms. The van der Waals surface area contributed by atoms with Crippen molar-refractivity contribution in [1.29, 1.82) is 0 Å². The Labute approximate surface area is 128 Å². The number of hydrogen-bond donors (Lipinski definition) is 1. The average Bonchev–Trinajstić information content (AvgIpc) is 2.86. The van der Waals surface area contributed by atoms with Crippen LogP contribution < -0.4 is 5.32 Å². The Kier molecular flexibility index (Phi) is 5.18. The zero-order valence-electron chi connectivity index (χ0n) is 13.7. The highest BCUT2D eigenvalue weighted by Crippen LogP contribution is 2.22. The fraction of sp³-hybridized carbons (Fsp3) is 0.500. The maximum atomic E-state index is 4.46. The van der Waals surface area contributed by atoms with E-state index < -0.39 is 0 Å². The molecule has 2 rings (SSSR count). The minimum Gasteiger partial charge on any atom is -0.333 e. The van der Waals surface area contributed by atoms with E-state index in [-0.39, 0.29) is 5.41 Å². The van der Waals surface area contributed by atoms with Crippen LogP contribution in [0.4, 0.5) is 0 Å². The van der Waals surface area contributed by atoms with Gasteiger partial charge in [-0.2, -0.15) is 0 Å². The summed E-state index contributed by atoms with van der Waals surface area (Å²) in [6.45, 7) is 11.8. The second-order valence-corrected chi connectivity index (χ2v) is 6.59. The van der Waals surface area contributed by atoms with Crippen molar-refractivity contribution in [3.63, 3.8) is 0 Å². The summed E-state index contributed by atoms with van der Waals surface area (Å²) in [6, 6.07) is 8.91. The van der Waals surface area contributed by atoms with E-state index in [9.17, 15) is 0 Å². The lowest BCUT2D eigenvalue weighted by Gasteiger charge is -2.19. The minimum atomic E-state index is 0.215. The molecule has 114 valence electrons. The van der Waals surface area contributed by atoms with E-state index in [0.717, 1.165) is 31.7 Å². The molecule has 0 saturated carbocycles.